The lowest BCUT2D eigenvalue weighted by atomic mass is 10.1. The molecule has 0 unspecified atom stereocenters. The number of rotatable bonds is 4. The Labute approximate surface area is 161 Å². The fraction of sp³-hybridized carbons (Fsp3) is 0. The maximum atomic E-state index is 12.4. The molecule has 1 heterocycles. The highest BCUT2D eigenvalue weighted by Crippen LogP contribution is 2.24. The van der Waals surface area contributed by atoms with Crippen LogP contribution in [0.25, 0.3) is 22.1 Å². The van der Waals surface area contributed by atoms with Gasteiger partial charge in [0.25, 0.3) is 16.0 Å². The van der Waals surface area contributed by atoms with Crippen LogP contribution in [-0.2, 0) is 10.1 Å². The molecule has 0 fully saturated rings. The van der Waals surface area contributed by atoms with E-state index in [-0.39, 0.29) is 16.6 Å². The third-order valence-corrected chi connectivity index (χ3v) is 5.15. The zero-order chi connectivity index (χ0) is 19.7. The van der Waals surface area contributed by atoms with Crippen LogP contribution in [0.1, 0.15) is 10.6 Å². The van der Waals surface area contributed by atoms with Crippen LogP contribution >= 0.6 is 0 Å². The summed E-state index contributed by atoms with van der Waals surface area (Å²) in [5, 5.41) is 3.64. The molecule has 0 spiro atoms. The van der Waals surface area contributed by atoms with Crippen LogP contribution < -0.4 is 5.32 Å². The first-order valence-electron chi connectivity index (χ1n) is 8.38. The van der Waals surface area contributed by atoms with Gasteiger partial charge in [-0.15, -0.1) is 0 Å². The summed E-state index contributed by atoms with van der Waals surface area (Å²) < 4.78 is 36.8. The lowest BCUT2D eigenvalue weighted by Crippen LogP contribution is -2.10. The van der Waals surface area contributed by atoms with Gasteiger partial charge in [0, 0.05) is 11.1 Å². The molecule has 4 rings (SSSR count). The van der Waals surface area contributed by atoms with Crippen LogP contribution in [-0.4, -0.2) is 18.9 Å². The van der Waals surface area contributed by atoms with E-state index in [1.165, 1.54) is 12.1 Å². The predicted octanol–water partition coefficient (Wildman–Crippen LogP) is 4.60. The van der Waals surface area contributed by atoms with E-state index >= 15 is 0 Å². The van der Waals surface area contributed by atoms with Gasteiger partial charge in [-0.3, -0.25) is 9.35 Å². The maximum Gasteiger partial charge on any atom is 0.294 e. The molecule has 28 heavy (non-hydrogen) atoms. The van der Waals surface area contributed by atoms with E-state index in [1.807, 2.05) is 18.2 Å². The maximum absolute atomic E-state index is 12.4. The fourth-order valence-electron chi connectivity index (χ4n) is 2.85. The van der Waals surface area contributed by atoms with Crippen molar-refractivity contribution in [3.63, 3.8) is 0 Å². The minimum absolute atomic E-state index is 0.161. The molecule has 2 N–H and O–H groups in total. The molecule has 0 aliphatic carbocycles. The minimum atomic E-state index is -4.21. The zero-order valence-corrected chi connectivity index (χ0v) is 15.3. The number of nitrogens with one attached hydrogen (secondary N) is 1. The number of hydrogen-bond donors (Lipinski definition) is 2. The molecule has 0 bridgehead atoms. The minimum Gasteiger partial charge on any atom is -0.451 e. The molecule has 0 aliphatic rings. The Morgan fingerprint density at radius 2 is 1.46 bits per heavy atom. The molecule has 1 amide bonds. The van der Waals surface area contributed by atoms with Gasteiger partial charge in [0.15, 0.2) is 5.76 Å². The van der Waals surface area contributed by atoms with E-state index in [0.29, 0.717) is 11.3 Å². The van der Waals surface area contributed by atoms with Gasteiger partial charge < -0.3 is 9.73 Å². The first kappa shape index (κ1) is 18.0. The third-order valence-electron chi connectivity index (χ3n) is 4.28. The van der Waals surface area contributed by atoms with Gasteiger partial charge in [0.2, 0.25) is 0 Å². The van der Waals surface area contributed by atoms with E-state index in [4.69, 9.17) is 8.97 Å². The summed E-state index contributed by atoms with van der Waals surface area (Å²) in [6.07, 6.45) is 0. The summed E-state index contributed by atoms with van der Waals surface area (Å²) in [5.74, 6) is -0.118. The van der Waals surface area contributed by atoms with Crippen LogP contribution in [0.2, 0.25) is 0 Å². The summed E-state index contributed by atoms with van der Waals surface area (Å²) >= 11 is 0. The molecule has 0 saturated carbocycles. The number of benzene rings is 3. The van der Waals surface area contributed by atoms with Crippen LogP contribution in [0.4, 0.5) is 5.69 Å². The Morgan fingerprint density at radius 1 is 0.857 bits per heavy atom. The van der Waals surface area contributed by atoms with Crippen molar-refractivity contribution in [3.05, 3.63) is 84.6 Å². The lowest BCUT2D eigenvalue weighted by molar-refractivity contribution is 0.0998. The average Bonchev–Trinajstić information content (AvgIpc) is 3.12. The predicted molar refractivity (Wildman–Crippen MR) is 106 cm³/mol. The van der Waals surface area contributed by atoms with E-state index in [9.17, 15) is 13.2 Å². The topological polar surface area (TPSA) is 96.6 Å². The number of carbonyl (C=O) groups is 1. The van der Waals surface area contributed by atoms with Gasteiger partial charge >= 0.3 is 0 Å². The lowest BCUT2D eigenvalue weighted by Gasteiger charge is -2.06. The summed E-state index contributed by atoms with van der Waals surface area (Å²) in [6, 6.07) is 22.0. The monoisotopic (exact) mass is 393 g/mol. The van der Waals surface area contributed by atoms with Crippen molar-refractivity contribution in [2.45, 2.75) is 4.90 Å². The Morgan fingerprint density at radius 3 is 2.07 bits per heavy atom. The second-order valence-corrected chi connectivity index (χ2v) is 7.60. The first-order chi connectivity index (χ1) is 13.4. The molecule has 0 radical (unpaired) electrons. The standard InChI is InChI=1S/C21H15NO5S/c23-21(20-13-16-3-1-2-4-19(16)27-20)22-17-9-5-14(6-10-17)15-7-11-18(12-8-15)28(24,25)26/h1-13H,(H,22,23)(H,24,25,26). The Hall–Kier alpha value is -3.42. The SMILES string of the molecule is O=C(Nc1ccc(-c2ccc(S(=O)(=O)O)cc2)cc1)c1cc2ccccc2o1. The van der Waals surface area contributed by atoms with Gasteiger partial charge in [-0.2, -0.15) is 8.42 Å². The molecule has 140 valence electrons. The van der Waals surface area contributed by atoms with Crippen molar-refractivity contribution in [1.29, 1.82) is 0 Å². The van der Waals surface area contributed by atoms with Crippen molar-refractivity contribution in [1.82, 2.24) is 0 Å². The average molecular weight is 393 g/mol. The second-order valence-electron chi connectivity index (χ2n) is 6.18. The van der Waals surface area contributed by atoms with Crippen molar-refractivity contribution < 1.29 is 22.2 Å². The van der Waals surface area contributed by atoms with Crippen molar-refractivity contribution in [2.24, 2.45) is 0 Å². The quantitative estimate of drug-likeness (QED) is 0.494. The van der Waals surface area contributed by atoms with E-state index in [2.05, 4.69) is 5.32 Å². The third kappa shape index (κ3) is 3.66. The highest BCUT2D eigenvalue weighted by molar-refractivity contribution is 7.85. The van der Waals surface area contributed by atoms with Crippen molar-refractivity contribution >= 4 is 32.7 Å². The normalized spacial score (nSPS) is 11.5. The van der Waals surface area contributed by atoms with Gasteiger partial charge in [0.05, 0.1) is 4.90 Å². The second kappa shape index (κ2) is 6.95. The van der Waals surface area contributed by atoms with E-state index < -0.39 is 10.1 Å². The molecule has 0 saturated heterocycles. The van der Waals surface area contributed by atoms with Crippen molar-refractivity contribution in [2.75, 3.05) is 5.32 Å². The number of hydrogen-bond acceptors (Lipinski definition) is 4. The summed E-state index contributed by atoms with van der Waals surface area (Å²) in [7, 11) is -4.21. The number of para-hydroxylation sites is 1. The molecule has 0 aliphatic heterocycles. The highest BCUT2D eigenvalue weighted by atomic mass is 32.2. The number of anilines is 1. The summed E-state index contributed by atoms with van der Waals surface area (Å²) in [4.78, 5) is 12.2. The van der Waals surface area contributed by atoms with Gasteiger partial charge in [0.1, 0.15) is 5.58 Å². The summed E-state index contributed by atoms with van der Waals surface area (Å²) in [5.41, 5.74) is 2.87. The van der Waals surface area contributed by atoms with Gasteiger partial charge in [-0.05, 0) is 47.5 Å². The highest BCUT2D eigenvalue weighted by Gasteiger charge is 2.13. The molecular formula is C21H15NO5S. The number of fused-ring (bicyclic) bond motifs is 1. The first-order valence-corrected chi connectivity index (χ1v) is 9.82. The van der Waals surface area contributed by atoms with Crippen LogP contribution in [0, 0.1) is 0 Å². The van der Waals surface area contributed by atoms with Gasteiger partial charge in [-0.25, -0.2) is 0 Å². The Balaban J connectivity index is 1.50. The van der Waals surface area contributed by atoms with Gasteiger partial charge in [-0.1, -0.05) is 42.5 Å². The van der Waals surface area contributed by atoms with Crippen LogP contribution in [0.3, 0.4) is 0 Å². The molecule has 3 aromatic carbocycles. The fourth-order valence-corrected chi connectivity index (χ4v) is 3.33. The number of furan rings is 1. The van der Waals surface area contributed by atoms with Crippen LogP contribution in [0.15, 0.2) is 88.2 Å². The Bertz CT molecular complexity index is 1220. The van der Waals surface area contributed by atoms with Crippen LogP contribution in [0.5, 0.6) is 0 Å². The van der Waals surface area contributed by atoms with E-state index in [1.54, 1.807) is 48.5 Å². The molecule has 0 atom stereocenters. The molecule has 6 nitrogen and oxygen atoms in total. The smallest absolute Gasteiger partial charge is 0.294 e. The largest absolute Gasteiger partial charge is 0.451 e. The van der Waals surface area contributed by atoms with Crippen molar-refractivity contribution in [3.8, 4) is 11.1 Å². The van der Waals surface area contributed by atoms with E-state index in [0.717, 1.165) is 16.5 Å². The molecule has 7 heteroatoms. The molecule has 4 aromatic rings. The number of amides is 1. The summed E-state index contributed by atoms with van der Waals surface area (Å²) in [6.45, 7) is 0. The molecular weight excluding hydrogens is 378 g/mol. The number of carbonyl (C=O) groups excluding carboxylic acids is 1. The Kier molecular flexibility index (Phi) is 4.46. The molecule has 1 aromatic heterocycles. The zero-order valence-electron chi connectivity index (χ0n) is 14.5.